The zero-order valence-corrected chi connectivity index (χ0v) is 15.7. The monoisotopic (exact) mass is 383 g/mol. The molecule has 0 saturated carbocycles. The largest absolute Gasteiger partial charge is 0.368 e. The van der Waals surface area contributed by atoms with Crippen LogP contribution >= 0.6 is 11.6 Å². The molecule has 0 amide bonds. The molecule has 0 aliphatic carbocycles. The van der Waals surface area contributed by atoms with Crippen LogP contribution in [0.5, 0.6) is 0 Å². The van der Waals surface area contributed by atoms with E-state index in [1.807, 2.05) is 18.5 Å². The number of hydrogen-bond donors (Lipinski definition) is 0. The van der Waals surface area contributed by atoms with Crippen LogP contribution in [0.15, 0.2) is 49.1 Å². The summed E-state index contributed by atoms with van der Waals surface area (Å²) in [6.07, 6.45) is 5.27. The second-order valence-electron chi connectivity index (χ2n) is 6.53. The number of hydrogen-bond acceptors (Lipinski definition) is 5. The lowest BCUT2D eigenvalue weighted by molar-refractivity contribution is 0.628. The van der Waals surface area contributed by atoms with E-state index >= 15 is 0 Å². The summed E-state index contributed by atoms with van der Waals surface area (Å²) in [5.41, 5.74) is 3.92. The summed E-state index contributed by atoms with van der Waals surface area (Å²) in [6.45, 7) is 5.63. The molecule has 1 aliphatic heterocycles. The predicted octanol–water partition coefficient (Wildman–Crippen LogP) is 3.97. The minimum Gasteiger partial charge on any atom is -0.368 e. The molecule has 27 heavy (non-hydrogen) atoms. The van der Waals surface area contributed by atoms with Gasteiger partial charge in [0.25, 0.3) is 0 Å². The predicted molar refractivity (Wildman–Crippen MR) is 106 cm³/mol. The number of nitrogens with zero attached hydrogens (tertiary/aromatic N) is 5. The highest BCUT2D eigenvalue weighted by Gasteiger charge is 2.20. The first-order valence-corrected chi connectivity index (χ1v) is 9.17. The molecule has 4 rings (SSSR count). The van der Waals surface area contributed by atoms with E-state index in [1.54, 1.807) is 18.5 Å². The van der Waals surface area contributed by atoms with E-state index in [9.17, 15) is 4.39 Å². The van der Waals surface area contributed by atoms with Crippen LogP contribution in [0.2, 0.25) is 5.02 Å². The molecule has 1 aromatic carbocycles. The molecule has 1 fully saturated rings. The van der Waals surface area contributed by atoms with Crippen molar-refractivity contribution >= 4 is 23.1 Å². The van der Waals surface area contributed by atoms with E-state index < -0.39 is 5.82 Å². The summed E-state index contributed by atoms with van der Waals surface area (Å²) in [5.74, 6) is 0.434. The number of aromatic nitrogens is 3. The van der Waals surface area contributed by atoms with Crippen molar-refractivity contribution in [3.05, 3.63) is 65.5 Å². The summed E-state index contributed by atoms with van der Waals surface area (Å²) >= 11 is 5.90. The fraction of sp³-hybridized carbons (Fsp3) is 0.250. The van der Waals surface area contributed by atoms with Gasteiger partial charge >= 0.3 is 0 Å². The van der Waals surface area contributed by atoms with E-state index in [0.29, 0.717) is 0 Å². The summed E-state index contributed by atoms with van der Waals surface area (Å²) in [4.78, 5) is 17.5. The van der Waals surface area contributed by atoms with Crippen LogP contribution in [0.1, 0.15) is 5.56 Å². The molecule has 0 bridgehead atoms. The number of piperazine rings is 1. The van der Waals surface area contributed by atoms with Crippen LogP contribution in [0, 0.1) is 12.7 Å². The van der Waals surface area contributed by atoms with Crippen LogP contribution in [0.4, 0.5) is 15.9 Å². The van der Waals surface area contributed by atoms with Gasteiger partial charge in [-0.05, 0) is 36.8 Å². The standard InChI is InChI=1S/C20H19ClFN5/c1-14-12-23-5-4-19(14)26-6-8-27(9-7-26)20-11-18(24-13-25-20)15-2-3-17(22)16(21)10-15/h2-5,10-13H,6-9H2,1H3. The fourth-order valence-corrected chi connectivity index (χ4v) is 3.51. The SMILES string of the molecule is Cc1cnccc1N1CCN(c2cc(-c3ccc(F)c(Cl)c3)ncn2)CC1. The Kier molecular flexibility index (Phi) is 4.90. The molecule has 0 radical (unpaired) electrons. The van der Waals surface area contributed by atoms with Gasteiger partial charge in [0.15, 0.2) is 0 Å². The first-order chi connectivity index (χ1) is 13.1. The Labute approximate surface area is 162 Å². The van der Waals surface area contributed by atoms with Crippen molar-refractivity contribution in [2.75, 3.05) is 36.0 Å². The minimum absolute atomic E-state index is 0.0917. The molecule has 2 aromatic heterocycles. The van der Waals surface area contributed by atoms with Crippen molar-refractivity contribution < 1.29 is 4.39 Å². The Morgan fingerprint density at radius 1 is 1.00 bits per heavy atom. The lowest BCUT2D eigenvalue weighted by atomic mass is 10.1. The molecule has 0 atom stereocenters. The average molecular weight is 384 g/mol. The zero-order valence-electron chi connectivity index (χ0n) is 14.9. The fourth-order valence-electron chi connectivity index (χ4n) is 3.33. The third kappa shape index (κ3) is 3.71. The van der Waals surface area contributed by atoms with Crippen molar-refractivity contribution in [1.82, 2.24) is 15.0 Å². The molecular formula is C20H19ClFN5. The highest BCUT2D eigenvalue weighted by Crippen LogP contribution is 2.26. The van der Waals surface area contributed by atoms with Gasteiger partial charge in [-0.25, -0.2) is 14.4 Å². The third-order valence-corrected chi connectivity index (χ3v) is 5.09. The Morgan fingerprint density at radius 3 is 2.52 bits per heavy atom. The Bertz CT molecular complexity index is 957. The van der Waals surface area contributed by atoms with Gasteiger partial charge in [0.1, 0.15) is 18.0 Å². The zero-order chi connectivity index (χ0) is 18.8. The van der Waals surface area contributed by atoms with Crippen LogP contribution in [-0.2, 0) is 0 Å². The molecule has 3 aromatic rings. The van der Waals surface area contributed by atoms with Crippen molar-refractivity contribution in [2.24, 2.45) is 0 Å². The topological polar surface area (TPSA) is 45.2 Å². The van der Waals surface area contributed by atoms with Crippen LogP contribution in [-0.4, -0.2) is 41.1 Å². The average Bonchev–Trinajstić information content (AvgIpc) is 2.71. The molecule has 0 unspecified atom stereocenters. The second kappa shape index (κ2) is 7.48. The summed E-state index contributed by atoms with van der Waals surface area (Å²) in [7, 11) is 0. The summed E-state index contributed by atoms with van der Waals surface area (Å²) in [6, 6.07) is 8.61. The summed E-state index contributed by atoms with van der Waals surface area (Å²) < 4.78 is 13.4. The quantitative estimate of drug-likeness (QED) is 0.684. The molecular weight excluding hydrogens is 365 g/mol. The van der Waals surface area contributed by atoms with Crippen molar-refractivity contribution in [1.29, 1.82) is 0 Å². The highest BCUT2D eigenvalue weighted by atomic mass is 35.5. The van der Waals surface area contributed by atoms with E-state index in [-0.39, 0.29) is 5.02 Å². The smallest absolute Gasteiger partial charge is 0.141 e. The maximum atomic E-state index is 13.4. The van der Waals surface area contributed by atoms with E-state index in [1.165, 1.54) is 17.3 Å². The maximum absolute atomic E-state index is 13.4. The number of rotatable bonds is 3. The van der Waals surface area contributed by atoms with Crippen LogP contribution < -0.4 is 9.80 Å². The van der Waals surface area contributed by atoms with Gasteiger partial charge in [0, 0.05) is 55.9 Å². The van der Waals surface area contributed by atoms with Crippen molar-refractivity contribution in [2.45, 2.75) is 6.92 Å². The van der Waals surface area contributed by atoms with Gasteiger partial charge in [-0.2, -0.15) is 0 Å². The van der Waals surface area contributed by atoms with Crippen molar-refractivity contribution in [3.8, 4) is 11.3 Å². The molecule has 3 heterocycles. The maximum Gasteiger partial charge on any atom is 0.141 e. The molecule has 5 nitrogen and oxygen atoms in total. The van der Waals surface area contributed by atoms with Gasteiger partial charge in [-0.1, -0.05) is 11.6 Å². The van der Waals surface area contributed by atoms with Gasteiger partial charge in [-0.15, -0.1) is 0 Å². The van der Waals surface area contributed by atoms with E-state index in [4.69, 9.17) is 11.6 Å². The van der Waals surface area contributed by atoms with Gasteiger partial charge < -0.3 is 9.80 Å². The van der Waals surface area contributed by atoms with Gasteiger partial charge in [0.05, 0.1) is 10.7 Å². The number of anilines is 2. The molecule has 0 spiro atoms. The molecule has 1 saturated heterocycles. The van der Waals surface area contributed by atoms with Gasteiger partial charge in [-0.3, -0.25) is 4.98 Å². The number of aryl methyl sites for hydroxylation is 1. The second-order valence-corrected chi connectivity index (χ2v) is 6.93. The molecule has 0 N–H and O–H groups in total. The first-order valence-electron chi connectivity index (χ1n) is 8.80. The lowest BCUT2D eigenvalue weighted by Crippen LogP contribution is -2.47. The Balaban J connectivity index is 1.50. The number of benzene rings is 1. The highest BCUT2D eigenvalue weighted by molar-refractivity contribution is 6.31. The molecule has 7 heteroatoms. The Hall–Kier alpha value is -2.73. The van der Waals surface area contributed by atoms with E-state index in [2.05, 4.69) is 37.7 Å². The normalized spacial score (nSPS) is 14.5. The van der Waals surface area contributed by atoms with Crippen LogP contribution in [0.25, 0.3) is 11.3 Å². The molecule has 138 valence electrons. The van der Waals surface area contributed by atoms with E-state index in [0.717, 1.165) is 43.3 Å². The third-order valence-electron chi connectivity index (χ3n) is 4.80. The van der Waals surface area contributed by atoms with Crippen molar-refractivity contribution in [3.63, 3.8) is 0 Å². The number of halogens is 2. The minimum atomic E-state index is -0.433. The van der Waals surface area contributed by atoms with Gasteiger partial charge in [0.2, 0.25) is 0 Å². The summed E-state index contributed by atoms with van der Waals surface area (Å²) in [5, 5.41) is 0.0917. The molecule has 1 aliphatic rings. The first kappa shape index (κ1) is 17.7. The number of pyridine rings is 1. The lowest BCUT2D eigenvalue weighted by Gasteiger charge is -2.37. The van der Waals surface area contributed by atoms with Crippen LogP contribution in [0.3, 0.4) is 0 Å². The Morgan fingerprint density at radius 2 is 1.78 bits per heavy atom.